The van der Waals surface area contributed by atoms with Crippen molar-refractivity contribution in [3.05, 3.63) is 71.8 Å². The number of nitrogens with zero attached hydrogens (tertiary/aromatic N) is 3. The van der Waals surface area contributed by atoms with Gasteiger partial charge in [-0.2, -0.15) is 10.1 Å². The Morgan fingerprint density at radius 2 is 1.81 bits per heavy atom. The van der Waals surface area contributed by atoms with Gasteiger partial charge in [0.1, 0.15) is 18.2 Å². The third kappa shape index (κ3) is 2.77. The quantitative estimate of drug-likeness (QED) is 0.779. The average Bonchev–Trinajstić information content (AvgIpc) is 3.16. The van der Waals surface area contributed by atoms with Crippen molar-refractivity contribution in [2.24, 2.45) is 0 Å². The van der Waals surface area contributed by atoms with Gasteiger partial charge in [-0.3, -0.25) is 0 Å². The summed E-state index contributed by atoms with van der Waals surface area (Å²) in [4.78, 5) is 4.27. The number of hydrogen-bond acceptors (Lipinski definition) is 5. The molecule has 2 aromatic carbocycles. The number of hydrogen-bond donors (Lipinski definition) is 1. The lowest BCUT2D eigenvalue weighted by Crippen LogP contribution is -2.20. The topological polar surface area (TPSA) is 61.2 Å². The Kier molecular flexibility index (Phi) is 4.04. The minimum atomic E-state index is -0.273. The highest BCUT2D eigenvalue weighted by Crippen LogP contribution is 2.35. The summed E-state index contributed by atoms with van der Waals surface area (Å²) in [5, 5.41) is 7.56. The maximum Gasteiger partial charge on any atom is 0.226 e. The zero-order valence-electron chi connectivity index (χ0n) is 14.3. The summed E-state index contributed by atoms with van der Waals surface area (Å²) < 4.78 is 25.7. The number of rotatable bonds is 4. The van der Waals surface area contributed by atoms with Crippen molar-refractivity contribution < 1.29 is 13.9 Å². The summed E-state index contributed by atoms with van der Waals surface area (Å²) in [5.41, 5.74) is 2.70. The molecule has 6 nitrogen and oxygen atoms in total. The second-order valence-electron chi connectivity index (χ2n) is 5.80. The van der Waals surface area contributed by atoms with Crippen molar-refractivity contribution in [1.82, 2.24) is 14.8 Å². The molecule has 1 aliphatic rings. The monoisotopic (exact) mass is 352 g/mol. The van der Waals surface area contributed by atoms with Gasteiger partial charge < -0.3 is 14.8 Å². The maximum atomic E-state index is 13.3. The standard InChI is InChI=1S/C19H17FN4O2/c1-25-17-8-5-13(9-18(17)26-2)15-10-16(12-3-6-14(20)7-4-12)24-19(23-15)21-11-22-24/h3-11,16H,1-2H3,(H,21,22,23)/t16-/m1/s1. The average molecular weight is 352 g/mol. The van der Waals surface area contributed by atoms with E-state index >= 15 is 0 Å². The first-order valence-electron chi connectivity index (χ1n) is 8.06. The van der Waals surface area contributed by atoms with Crippen LogP contribution in [0.3, 0.4) is 0 Å². The maximum absolute atomic E-state index is 13.3. The first-order chi connectivity index (χ1) is 12.7. The molecule has 4 rings (SSSR count). The number of aromatic nitrogens is 3. The van der Waals surface area contributed by atoms with E-state index in [1.807, 2.05) is 24.3 Å². The fourth-order valence-corrected chi connectivity index (χ4v) is 3.00. The Hall–Kier alpha value is -3.35. The number of fused-ring (bicyclic) bond motifs is 1. The highest BCUT2D eigenvalue weighted by Gasteiger charge is 2.24. The minimum absolute atomic E-state index is 0.197. The Bertz CT molecular complexity index is 966. The van der Waals surface area contributed by atoms with Gasteiger partial charge in [-0.1, -0.05) is 12.1 Å². The van der Waals surface area contributed by atoms with Crippen LogP contribution in [0.5, 0.6) is 11.5 Å². The molecule has 1 aromatic heterocycles. The van der Waals surface area contributed by atoms with Crippen LogP contribution in [0.2, 0.25) is 0 Å². The second-order valence-corrected chi connectivity index (χ2v) is 5.80. The van der Waals surface area contributed by atoms with Crippen LogP contribution in [0.15, 0.2) is 54.9 Å². The predicted octanol–water partition coefficient (Wildman–Crippen LogP) is 3.49. The van der Waals surface area contributed by atoms with Gasteiger partial charge in [0.2, 0.25) is 5.95 Å². The molecule has 0 radical (unpaired) electrons. The lowest BCUT2D eigenvalue weighted by Gasteiger charge is -2.24. The molecule has 132 valence electrons. The van der Waals surface area contributed by atoms with Crippen LogP contribution in [0.25, 0.3) is 5.70 Å². The second kappa shape index (κ2) is 6.51. The fourth-order valence-electron chi connectivity index (χ4n) is 3.00. The van der Waals surface area contributed by atoms with E-state index in [-0.39, 0.29) is 11.9 Å². The third-order valence-electron chi connectivity index (χ3n) is 4.31. The van der Waals surface area contributed by atoms with Gasteiger partial charge in [-0.25, -0.2) is 9.07 Å². The van der Waals surface area contributed by atoms with Crippen molar-refractivity contribution in [3.8, 4) is 11.5 Å². The number of benzene rings is 2. The zero-order valence-corrected chi connectivity index (χ0v) is 14.3. The van der Waals surface area contributed by atoms with Crippen LogP contribution in [-0.4, -0.2) is 29.0 Å². The lowest BCUT2D eigenvalue weighted by molar-refractivity contribution is 0.355. The number of allylic oxidation sites excluding steroid dienone is 1. The molecule has 1 aliphatic heterocycles. The SMILES string of the molecule is COc1ccc(C2=C[C@H](c3ccc(F)cc3)n3ncnc3N2)cc1OC. The van der Waals surface area contributed by atoms with Gasteiger partial charge in [0, 0.05) is 11.3 Å². The summed E-state index contributed by atoms with van der Waals surface area (Å²) in [7, 11) is 3.20. The molecular formula is C19H17FN4O2. The number of methoxy groups -OCH3 is 2. The van der Waals surface area contributed by atoms with Gasteiger partial charge in [0.15, 0.2) is 11.5 Å². The number of anilines is 1. The molecule has 1 atom stereocenters. The third-order valence-corrected chi connectivity index (χ3v) is 4.31. The number of ether oxygens (including phenoxy) is 2. The van der Waals surface area contributed by atoms with Crippen LogP contribution in [0, 0.1) is 5.82 Å². The normalized spacial score (nSPS) is 15.7. The number of nitrogens with one attached hydrogen (secondary N) is 1. The van der Waals surface area contributed by atoms with Crippen LogP contribution >= 0.6 is 0 Å². The molecule has 0 amide bonds. The lowest BCUT2D eigenvalue weighted by atomic mass is 10.0. The Balaban J connectivity index is 1.78. The van der Waals surface area contributed by atoms with Gasteiger partial charge >= 0.3 is 0 Å². The van der Waals surface area contributed by atoms with Crippen LogP contribution in [-0.2, 0) is 0 Å². The molecule has 0 unspecified atom stereocenters. The van der Waals surface area contributed by atoms with Gasteiger partial charge in [0.25, 0.3) is 0 Å². The first kappa shape index (κ1) is 16.1. The van der Waals surface area contributed by atoms with E-state index in [4.69, 9.17) is 9.47 Å². The molecule has 1 N–H and O–H groups in total. The zero-order chi connectivity index (χ0) is 18.1. The molecule has 0 fully saturated rings. The van der Waals surface area contributed by atoms with E-state index in [0.29, 0.717) is 17.4 Å². The molecule has 26 heavy (non-hydrogen) atoms. The molecule has 0 saturated heterocycles. The van der Waals surface area contributed by atoms with Crippen LogP contribution in [0.1, 0.15) is 17.2 Å². The minimum Gasteiger partial charge on any atom is -0.493 e. The van der Waals surface area contributed by atoms with E-state index < -0.39 is 0 Å². The van der Waals surface area contributed by atoms with E-state index in [1.165, 1.54) is 18.5 Å². The molecule has 0 spiro atoms. The first-order valence-corrected chi connectivity index (χ1v) is 8.06. The molecule has 0 aliphatic carbocycles. The van der Waals surface area contributed by atoms with Crippen LogP contribution < -0.4 is 14.8 Å². The Labute approximate surface area is 149 Å². The molecule has 2 heterocycles. The van der Waals surface area contributed by atoms with E-state index in [9.17, 15) is 4.39 Å². The molecule has 7 heteroatoms. The Morgan fingerprint density at radius 3 is 2.54 bits per heavy atom. The van der Waals surface area contributed by atoms with E-state index in [0.717, 1.165) is 16.8 Å². The fraction of sp³-hybridized carbons (Fsp3) is 0.158. The molecule has 0 saturated carbocycles. The summed E-state index contributed by atoms with van der Waals surface area (Å²) in [6, 6.07) is 11.9. The summed E-state index contributed by atoms with van der Waals surface area (Å²) in [5.74, 6) is 1.64. The largest absolute Gasteiger partial charge is 0.493 e. The molecule has 0 bridgehead atoms. The highest BCUT2D eigenvalue weighted by molar-refractivity contribution is 5.78. The van der Waals surface area contributed by atoms with Gasteiger partial charge in [0.05, 0.1) is 14.2 Å². The highest BCUT2D eigenvalue weighted by atomic mass is 19.1. The van der Waals surface area contributed by atoms with E-state index in [2.05, 4.69) is 15.4 Å². The van der Waals surface area contributed by atoms with Crippen molar-refractivity contribution in [2.75, 3.05) is 19.5 Å². The van der Waals surface area contributed by atoms with Crippen molar-refractivity contribution in [2.45, 2.75) is 6.04 Å². The molecule has 3 aromatic rings. The van der Waals surface area contributed by atoms with Crippen molar-refractivity contribution in [1.29, 1.82) is 0 Å². The predicted molar refractivity (Wildman–Crippen MR) is 95.7 cm³/mol. The summed E-state index contributed by atoms with van der Waals surface area (Å²) >= 11 is 0. The summed E-state index contributed by atoms with van der Waals surface area (Å²) in [6.07, 6.45) is 3.51. The molecular weight excluding hydrogens is 335 g/mol. The van der Waals surface area contributed by atoms with Crippen molar-refractivity contribution in [3.63, 3.8) is 0 Å². The number of halogens is 1. The van der Waals surface area contributed by atoms with Gasteiger partial charge in [-0.05, 0) is 42.0 Å². The Morgan fingerprint density at radius 1 is 1.04 bits per heavy atom. The van der Waals surface area contributed by atoms with Crippen LogP contribution in [0.4, 0.5) is 10.3 Å². The van der Waals surface area contributed by atoms with Gasteiger partial charge in [-0.15, -0.1) is 0 Å². The summed E-state index contributed by atoms with van der Waals surface area (Å²) in [6.45, 7) is 0. The van der Waals surface area contributed by atoms with E-state index in [1.54, 1.807) is 31.0 Å². The van der Waals surface area contributed by atoms with Crippen molar-refractivity contribution >= 4 is 11.6 Å². The smallest absolute Gasteiger partial charge is 0.226 e.